The van der Waals surface area contributed by atoms with Gasteiger partial charge in [-0.05, 0) is 34.5 Å². The summed E-state index contributed by atoms with van der Waals surface area (Å²) in [4.78, 5) is 18.3. The molecule has 0 aliphatic carbocycles. The number of benzene rings is 1. The van der Waals surface area contributed by atoms with E-state index in [1.165, 1.54) is 5.56 Å². The molecule has 3 rings (SSSR count). The summed E-state index contributed by atoms with van der Waals surface area (Å²) in [5, 5.41) is 10.8. The van der Waals surface area contributed by atoms with Crippen LogP contribution in [0.3, 0.4) is 0 Å². The lowest BCUT2D eigenvalue weighted by molar-refractivity contribution is -0.117. The molecule has 5 nitrogen and oxygen atoms in total. The second-order valence-electron chi connectivity index (χ2n) is 5.44. The molecule has 1 aromatic carbocycles. The van der Waals surface area contributed by atoms with E-state index in [2.05, 4.69) is 32.5 Å². The zero-order valence-corrected chi connectivity index (χ0v) is 16.6. The number of halogens is 1. The molecular weight excluding hydrogens is 435 g/mol. The predicted molar refractivity (Wildman–Crippen MR) is 110 cm³/mol. The number of para-hydroxylation sites is 1. The quantitative estimate of drug-likeness (QED) is 0.423. The van der Waals surface area contributed by atoms with E-state index in [-0.39, 0.29) is 35.9 Å². The first-order valence-corrected chi connectivity index (χ1v) is 8.54. The van der Waals surface area contributed by atoms with Crippen LogP contribution in [0.25, 0.3) is 0 Å². The normalized spacial score (nSPS) is 17.5. The highest BCUT2D eigenvalue weighted by atomic mass is 127. The fourth-order valence-corrected chi connectivity index (χ4v) is 3.30. The Balaban J connectivity index is 0.00000208. The number of aliphatic imine (C=N–C) groups is 1. The lowest BCUT2D eigenvalue weighted by atomic mass is 10.2. The lowest BCUT2D eigenvalue weighted by Crippen LogP contribution is -2.44. The van der Waals surface area contributed by atoms with Crippen LogP contribution < -0.4 is 15.5 Å². The first-order valence-electron chi connectivity index (χ1n) is 7.60. The van der Waals surface area contributed by atoms with Crippen LogP contribution in [0.4, 0.5) is 5.69 Å². The molecule has 7 heteroatoms. The zero-order valence-electron chi connectivity index (χ0n) is 13.4. The van der Waals surface area contributed by atoms with Crippen molar-refractivity contribution in [2.24, 2.45) is 4.99 Å². The van der Waals surface area contributed by atoms with Crippen LogP contribution in [-0.2, 0) is 11.3 Å². The number of hydrogen-bond acceptors (Lipinski definition) is 3. The number of nitrogens with zero attached hydrogens (tertiary/aromatic N) is 2. The van der Waals surface area contributed by atoms with Crippen LogP contribution in [0, 0.1) is 0 Å². The van der Waals surface area contributed by atoms with E-state index in [1.54, 1.807) is 18.4 Å². The van der Waals surface area contributed by atoms with Gasteiger partial charge in [0.15, 0.2) is 5.96 Å². The van der Waals surface area contributed by atoms with Crippen LogP contribution in [0.1, 0.15) is 12.0 Å². The molecule has 2 N–H and O–H groups in total. The maximum Gasteiger partial charge on any atom is 0.229 e. The van der Waals surface area contributed by atoms with Crippen molar-refractivity contribution in [2.75, 3.05) is 18.5 Å². The van der Waals surface area contributed by atoms with E-state index < -0.39 is 0 Å². The molecule has 1 saturated heterocycles. The number of rotatable bonds is 4. The monoisotopic (exact) mass is 456 g/mol. The molecule has 0 radical (unpaired) electrons. The average Bonchev–Trinajstić information content (AvgIpc) is 3.22. The van der Waals surface area contributed by atoms with Crippen LogP contribution in [0.15, 0.2) is 52.2 Å². The summed E-state index contributed by atoms with van der Waals surface area (Å²) in [6.07, 6.45) is 0.480. The lowest BCUT2D eigenvalue weighted by Gasteiger charge is -2.18. The maximum atomic E-state index is 12.2. The Morgan fingerprint density at radius 1 is 1.33 bits per heavy atom. The number of thiophene rings is 1. The van der Waals surface area contributed by atoms with Crippen LogP contribution in [0.5, 0.6) is 0 Å². The molecule has 1 unspecified atom stereocenters. The molecule has 0 bridgehead atoms. The first-order chi connectivity index (χ1) is 11.3. The van der Waals surface area contributed by atoms with Gasteiger partial charge < -0.3 is 15.5 Å². The van der Waals surface area contributed by atoms with Crippen LogP contribution >= 0.6 is 35.3 Å². The van der Waals surface area contributed by atoms with E-state index >= 15 is 0 Å². The number of hydrogen-bond donors (Lipinski definition) is 2. The molecule has 2 aromatic rings. The van der Waals surface area contributed by atoms with Crippen molar-refractivity contribution in [3.8, 4) is 0 Å². The Hall–Kier alpha value is -1.61. The number of anilines is 1. The largest absolute Gasteiger partial charge is 0.352 e. The zero-order chi connectivity index (χ0) is 16.1. The van der Waals surface area contributed by atoms with Gasteiger partial charge in [0.1, 0.15) is 0 Å². The predicted octanol–water partition coefficient (Wildman–Crippen LogP) is 2.84. The molecule has 1 aliphatic heterocycles. The molecule has 24 heavy (non-hydrogen) atoms. The maximum absolute atomic E-state index is 12.2. The first kappa shape index (κ1) is 18.7. The minimum atomic E-state index is 0. The van der Waals surface area contributed by atoms with Crippen LogP contribution in [-0.4, -0.2) is 31.5 Å². The van der Waals surface area contributed by atoms with Crippen molar-refractivity contribution in [3.05, 3.63) is 52.7 Å². The summed E-state index contributed by atoms with van der Waals surface area (Å²) < 4.78 is 0. The molecule has 0 saturated carbocycles. The number of amides is 1. The fourth-order valence-electron chi connectivity index (χ4n) is 2.63. The minimum absolute atomic E-state index is 0. The van der Waals surface area contributed by atoms with Gasteiger partial charge in [0, 0.05) is 32.2 Å². The highest BCUT2D eigenvalue weighted by Gasteiger charge is 2.30. The molecule has 1 amide bonds. The Labute approximate surface area is 163 Å². The van der Waals surface area contributed by atoms with Gasteiger partial charge in [-0.1, -0.05) is 18.2 Å². The molecule has 0 spiro atoms. The number of nitrogens with one attached hydrogen (secondary N) is 2. The summed E-state index contributed by atoms with van der Waals surface area (Å²) in [6, 6.07) is 11.9. The molecule has 1 atom stereocenters. The van der Waals surface area contributed by atoms with Crippen molar-refractivity contribution in [1.82, 2.24) is 10.6 Å². The van der Waals surface area contributed by atoms with Crippen molar-refractivity contribution < 1.29 is 4.79 Å². The molecule has 1 fully saturated rings. The topological polar surface area (TPSA) is 56.7 Å². The third-order valence-electron chi connectivity index (χ3n) is 3.80. The molecule has 2 heterocycles. The fraction of sp³-hybridized carbons (Fsp3) is 0.294. The van der Waals surface area contributed by atoms with E-state index in [0.717, 1.165) is 18.2 Å². The highest BCUT2D eigenvalue weighted by molar-refractivity contribution is 14.0. The number of carbonyl (C=O) groups is 1. The molecular formula is C17H21IN4OS. The van der Waals surface area contributed by atoms with E-state index in [0.29, 0.717) is 13.0 Å². The van der Waals surface area contributed by atoms with Gasteiger partial charge >= 0.3 is 0 Å². The van der Waals surface area contributed by atoms with Gasteiger partial charge in [-0.2, -0.15) is 11.3 Å². The standard InChI is InChI=1S/C17H20N4OS.HI/c1-18-17(19-10-13-7-8-23-12-13)20-14-9-16(22)21(11-14)15-5-3-2-4-6-15;/h2-8,12,14H,9-11H2,1H3,(H2,18,19,20);1H. The third kappa shape index (κ3) is 4.70. The minimum Gasteiger partial charge on any atom is -0.352 e. The van der Waals surface area contributed by atoms with Gasteiger partial charge in [0.05, 0.1) is 6.04 Å². The Bertz CT molecular complexity index is 675. The summed E-state index contributed by atoms with van der Waals surface area (Å²) in [7, 11) is 1.74. The van der Waals surface area contributed by atoms with Gasteiger partial charge in [0.25, 0.3) is 0 Å². The highest BCUT2D eigenvalue weighted by Crippen LogP contribution is 2.20. The summed E-state index contributed by atoms with van der Waals surface area (Å²) >= 11 is 1.68. The van der Waals surface area contributed by atoms with Crippen molar-refractivity contribution in [2.45, 2.75) is 19.0 Å². The molecule has 1 aliphatic rings. The van der Waals surface area contributed by atoms with Crippen LogP contribution in [0.2, 0.25) is 0 Å². The summed E-state index contributed by atoms with van der Waals surface area (Å²) in [5.74, 6) is 0.867. The Kier molecular flexibility index (Phi) is 7.04. The van der Waals surface area contributed by atoms with Crippen molar-refractivity contribution >= 4 is 52.9 Å². The van der Waals surface area contributed by atoms with E-state index in [4.69, 9.17) is 0 Å². The Morgan fingerprint density at radius 2 is 2.12 bits per heavy atom. The molecule has 128 valence electrons. The van der Waals surface area contributed by atoms with Gasteiger partial charge in [-0.25, -0.2) is 0 Å². The summed E-state index contributed by atoms with van der Waals surface area (Å²) in [6.45, 7) is 1.38. The Morgan fingerprint density at radius 3 is 2.79 bits per heavy atom. The van der Waals surface area contributed by atoms with Gasteiger partial charge in [-0.15, -0.1) is 24.0 Å². The van der Waals surface area contributed by atoms with Gasteiger partial charge in [-0.3, -0.25) is 9.79 Å². The second kappa shape index (κ2) is 9.03. The smallest absolute Gasteiger partial charge is 0.229 e. The number of guanidine groups is 1. The van der Waals surface area contributed by atoms with Crippen molar-refractivity contribution in [3.63, 3.8) is 0 Å². The van der Waals surface area contributed by atoms with E-state index in [9.17, 15) is 4.79 Å². The average molecular weight is 456 g/mol. The number of carbonyl (C=O) groups excluding carboxylic acids is 1. The van der Waals surface area contributed by atoms with Gasteiger partial charge in [0.2, 0.25) is 5.91 Å². The SMILES string of the molecule is CN=C(NCc1ccsc1)NC1CC(=O)N(c2ccccc2)C1.I. The second-order valence-corrected chi connectivity index (χ2v) is 6.22. The summed E-state index contributed by atoms with van der Waals surface area (Å²) in [5.41, 5.74) is 2.18. The van der Waals surface area contributed by atoms with E-state index in [1.807, 2.05) is 35.2 Å². The van der Waals surface area contributed by atoms with Crippen molar-refractivity contribution in [1.29, 1.82) is 0 Å². The third-order valence-corrected chi connectivity index (χ3v) is 4.53. The molecule has 1 aromatic heterocycles.